The predicted molar refractivity (Wildman–Crippen MR) is 99.6 cm³/mol. The van der Waals surface area contributed by atoms with E-state index in [9.17, 15) is 4.79 Å². The molecule has 4 nitrogen and oxygen atoms in total. The minimum Gasteiger partial charge on any atom is -0.491 e. The van der Waals surface area contributed by atoms with E-state index in [2.05, 4.69) is 24.4 Å². The maximum atomic E-state index is 12.3. The zero-order chi connectivity index (χ0) is 17.4. The van der Waals surface area contributed by atoms with Gasteiger partial charge < -0.3 is 15.8 Å². The Bertz CT molecular complexity index is 666. The van der Waals surface area contributed by atoms with Crippen LogP contribution in [0.3, 0.4) is 0 Å². The third-order valence-electron chi connectivity index (χ3n) is 3.76. The van der Waals surface area contributed by atoms with Crippen molar-refractivity contribution in [2.24, 2.45) is 0 Å². The van der Waals surface area contributed by atoms with Gasteiger partial charge in [-0.15, -0.1) is 0 Å². The molecule has 24 heavy (non-hydrogen) atoms. The molecule has 0 atom stereocenters. The highest BCUT2D eigenvalue weighted by Crippen LogP contribution is 2.23. The summed E-state index contributed by atoms with van der Waals surface area (Å²) in [5.41, 5.74) is 9.02. The van der Waals surface area contributed by atoms with Crippen LogP contribution in [0.2, 0.25) is 0 Å². The lowest BCUT2D eigenvalue weighted by Crippen LogP contribution is -2.12. The Kier molecular flexibility index (Phi) is 6.67. The second-order valence-electron chi connectivity index (χ2n) is 5.86. The Labute approximate surface area is 144 Å². The van der Waals surface area contributed by atoms with E-state index in [0.29, 0.717) is 23.6 Å². The Hall–Kier alpha value is -2.49. The molecule has 128 valence electrons. The standard InChI is InChI=1S/C20H26N2O2/c1-3-5-6-15-7-10-17(11-8-15)22-20(23)16-9-12-19(18(21)14-16)24-13-4-2/h7-12,14H,3-6,13,21H2,1-2H3,(H,22,23). The second-order valence-corrected chi connectivity index (χ2v) is 5.86. The highest BCUT2D eigenvalue weighted by Gasteiger charge is 2.09. The van der Waals surface area contributed by atoms with E-state index in [1.165, 1.54) is 18.4 Å². The Morgan fingerprint density at radius 1 is 1.08 bits per heavy atom. The smallest absolute Gasteiger partial charge is 0.255 e. The maximum Gasteiger partial charge on any atom is 0.255 e. The number of rotatable bonds is 8. The van der Waals surface area contributed by atoms with E-state index >= 15 is 0 Å². The first kappa shape index (κ1) is 17.9. The van der Waals surface area contributed by atoms with Gasteiger partial charge in [0.05, 0.1) is 12.3 Å². The first-order valence-corrected chi connectivity index (χ1v) is 8.56. The average Bonchev–Trinajstić information content (AvgIpc) is 2.60. The number of nitrogens with one attached hydrogen (secondary N) is 1. The number of amides is 1. The number of anilines is 2. The molecule has 0 bridgehead atoms. The minimum atomic E-state index is -0.176. The monoisotopic (exact) mass is 326 g/mol. The van der Waals surface area contributed by atoms with Gasteiger partial charge in [-0.2, -0.15) is 0 Å². The van der Waals surface area contributed by atoms with E-state index in [4.69, 9.17) is 10.5 Å². The van der Waals surface area contributed by atoms with E-state index in [1.54, 1.807) is 18.2 Å². The van der Waals surface area contributed by atoms with Gasteiger partial charge in [-0.3, -0.25) is 4.79 Å². The largest absolute Gasteiger partial charge is 0.491 e. The van der Waals surface area contributed by atoms with Crippen molar-refractivity contribution in [1.82, 2.24) is 0 Å². The van der Waals surface area contributed by atoms with Crippen LogP contribution in [0.4, 0.5) is 11.4 Å². The maximum absolute atomic E-state index is 12.3. The van der Waals surface area contributed by atoms with Crippen molar-refractivity contribution in [2.75, 3.05) is 17.7 Å². The van der Waals surface area contributed by atoms with Crippen LogP contribution in [0, 0.1) is 0 Å². The quantitative estimate of drug-likeness (QED) is 0.694. The molecular weight excluding hydrogens is 300 g/mol. The molecule has 0 aliphatic rings. The summed E-state index contributed by atoms with van der Waals surface area (Å²) in [6.45, 7) is 4.82. The highest BCUT2D eigenvalue weighted by molar-refractivity contribution is 6.05. The molecule has 0 saturated carbocycles. The normalized spacial score (nSPS) is 10.4. The molecule has 2 aromatic rings. The number of carbonyl (C=O) groups is 1. The molecule has 0 aromatic heterocycles. The number of aryl methyl sites for hydroxylation is 1. The van der Waals surface area contributed by atoms with Crippen molar-refractivity contribution in [3.63, 3.8) is 0 Å². The van der Waals surface area contributed by atoms with Gasteiger partial charge >= 0.3 is 0 Å². The number of carbonyl (C=O) groups excluding carboxylic acids is 1. The summed E-state index contributed by atoms with van der Waals surface area (Å²) in [6.07, 6.45) is 4.34. The van der Waals surface area contributed by atoms with Crippen molar-refractivity contribution >= 4 is 17.3 Å². The van der Waals surface area contributed by atoms with Gasteiger partial charge in [-0.1, -0.05) is 32.4 Å². The molecule has 3 N–H and O–H groups in total. The summed E-state index contributed by atoms with van der Waals surface area (Å²) in [6, 6.07) is 13.1. The molecule has 0 unspecified atom stereocenters. The van der Waals surface area contributed by atoms with Crippen molar-refractivity contribution in [1.29, 1.82) is 0 Å². The molecule has 2 aromatic carbocycles. The van der Waals surface area contributed by atoms with Crippen LogP contribution < -0.4 is 15.8 Å². The second kappa shape index (κ2) is 8.96. The Morgan fingerprint density at radius 3 is 2.46 bits per heavy atom. The molecular formula is C20H26N2O2. The molecule has 0 spiro atoms. The van der Waals surface area contributed by atoms with E-state index in [-0.39, 0.29) is 5.91 Å². The molecule has 0 radical (unpaired) electrons. The van der Waals surface area contributed by atoms with Crippen molar-refractivity contribution in [3.8, 4) is 5.75 Å². The molecule has 0 heterocycles. The topological polar surface area (TPSA) is 64.3 Å². The number of nitrogens with two attached hydrogens (primary N) is 1. The van der Waals surface area contributed by atoms with Crippen LogP contribution in [-0.2, 0) is 6.42 Å². The van der Waals surface area contributed by atoms with Crippen molar-refractivity contribution in [2.45, 2.75) is 39.5 Å². The van der Waals surface area contributed by atoms with Gasteiger partial charge in [0.1, 0.15) is 5.75 Å². The van der Waals surface area contributed by atoms with Gasteiger partial charge in [-0.25, -0.2) is 0 Å². The van der Waals surface area contributed by atoms with Gasteiger partial charge in [0.2, 0.25) is 0 Å². The molecule has 0 fully saturated rings. The summed E-state index contributed by atoms with van der Waals surface area (Å²) in [7, 11) is 0. The van der Waals surface area contributed by atoms with Gasteiger partial charge in [0, 0.05) is 11.3 Å². The van der Waals surface area contributed by atoms with Crippen LogP contribution in [-0.4, -0.2) is 12.5 Å². The van der Waals surface area contributed by atoms with E-state index < -0.39 is 0 Å². The molecule has 0 saturated heterocycles. The van der Waals surface area contributed by atoms with Crippen LogP contribution in [0.15, 0.2) is 42.5 Å². The fraction of sp³-hybridized carbons (Fsp3) is 0.350. The third kappa shape index (κ3) is 5.01. The lowest BCUT2D eigenvalue weighted by Gasteiger charge is -2.10. The number of nitrogen functional groups attached to an aromatic ring is 1. The first-order valence-electron chi connectivity index (χ1n) is 8.56. The van der Waals surface area contributed by atoms with Crippen LogP contribution in [0.25, 0.3) is 0 Å². The lowest BCUT2D eigenvalue weighted by molar-refractivity contribution is 0.102. The van der Waals surface area contributed by atoms with Gasteiger partial charge in [-0.05, 0) is 55.2 Å². The zero-order valence-corrected chi connectivity index (χ0v) is 14.5. The van der Waals surface area contributed by atoms with Gasteiger partial charge in [0.15, 0.2) is 0 Å². The van der Waals surface area contributed by atoms with E-state index in [1.807, 2.05) is 19.1 Å². The SMILES string of the molecule is CCCCc1ccc(NC(=O)c2ccc(OCCC)c(N)c2)cc1. The van der Waals surface area contributed by atoms with Gasteiger partial charge in [0.25, 0.3) is 5.91 Å². The average molecular weight is 326 g/mol. The minimum absolute atomic E-state index is 0.176. The summed E-state index contributed by atoms with van der Waals surface area (Å²) in [5.74, 6) is 0.443. The number of hydrogen-bond acceptors (Lipinski definition) is 3. The van der Waals surface area contributed by atoms with Crippen molar-refractivity contribution < 1.29 is 9.53 Å². The molecule has 2 rings (SSSR count). The fourth-order valence-corrected chi connectivity index (χ4v) is 2.37. The number of unbranched alkanes of at least 4 members (excludes halogenated alkanes) is 1. The Morgan fingerprint density at radius 2 is 1.83 bits per heavy atom. The fourth-order valence-electron chi connectivity index (χ4n) is 2.37. The molecule has 1 amide bonds. The molecule has 4 heteroatoms. The summed E-state index contributed by atoms with van der Waals surface area (Å²) < 4.78 is 5.53. The summed E-state index contributed by atoms with van der Waals surface area (Å²) in [5, 5.41) is 2.90. The molecule has 0 aliphatic heterocycles. The first-order chi connectivity index (χ1) is 11.6. The number of ether oxygens (including phenoxy) is 1. The highest BCUT2D eigenvalue weighted by atomic mass is 16.5. The summed E-state index contributed by atoms with van der Waals surface area (Å²) >= 11 is 0. The van der Waals surface area contributed by atoms with Crippen LogP contribution in [0.1, 0.15) is 49.0 Å². The molecule has 0 aliphatic carbocycles. The van der Waals surface area contributed by atoms with E-state index in [0.717, 1.165) is 18.5 Å². The van der Waals surface area contributed by atoms with Crippen LogP contribution in [0.5, 0.6) is 5.75 Å². The number of benzene rings is 2. The number of hydrogen-bond donors (Lipinski definition) is 2. The predicted octanol–water partition coefficient (Wildman–Crippen LogP) is 4.65. The lowest BCUT2D eigenvalue weighted by atomic mass is 10.1. The zero-order valence-electron chi connectivity index (χ0n) is 14.5. The van der Waals surface area contributed by atoms with Crippen molar-refractivity contribution in [3.05, 3.63) is 53.6 Å². The third-order valence-corrected chi connectivity index (χ3v) is 3.76. The van der Waals surface area contributed by atoms with Crippen LogP contribution >= 0.6 is 0 Å². The Balaban J connectivity index is 2.00. The summed E-state index contributed by atoms with van der Waals surface area (Å²) in [4.78, 5) is 12.3.